The molecule has 4 heteroatoms. The summed E-state index contributed by atoms with van der Waals surface area (Å²) in [6, 6.07) is 21.2. The number of hydrogen-bond acceptors (Lipinski definition) is 4. The van der Waals surface area contributed by atoms with E-state index in [1.54, 1.807) is 11.3 Å². The van der Waals surface area contributed by atoms with Gasteiger partial charge in [0.25, 0.3) is 0 Å². The number of aryl methyl sites for hydroxylation is 1. The summed E-state index contributed by atoms with van der Waals surface area (Å²) in [6.45, 7) is 2.13. The maximum atomic E-state index is 6.40. The predicted molar refractivity (Wildman–Crippen MR) is 101 cm³/mol. The minimum Gasteiger partial charge on any atom is -0.464 e. The molecule has 2 atom stereocenters. The molecular formula is C21H18N2OS. The molecule has 0 bridgehead atoms. The maximum Gasteiger partial charge on any atom is 0.214 e. The standard InChI is InChI=1S/C21H18N2OS/c1-14-7-2-3-8-15(14)21-23-18(16-9-4-5-10-19(16)24-21)13-17(22-23)20-11-6-12-25-20/h2-12,18,21H,13H2,1H3. The molecule has 0 aliphatic carbocycles. The number of nitrogens with zero attached hydrogens (tertiary/aromatic N) is 2. The van der Waals surface area contributed by atoms with E-state index in [2.05, 4.69) is 71.9 Å². The first-order chi connectivity index (χ1) is 12.3. The third-order valence-electron chi connectivity index (χ3n) is 4.96. The second-order valence-corrected chi connectivity index (χ2v) is 7.44. The van der Waals surface area contributed by atoms with E-state index < -0.39 is 0 Å². The molecule has 3 heterocycles. The lowest BCUT2D eigenvalue weighted by Gasteiger charge is -2.38. The Bertz CT molecular complexity index is 948. The zero-order valence-corrected chi connectivity index (χ0v) is 14.7. The monoisotopic (exact) mass is 346 g/mol. The van der Waals surface area contributed by atoms with Crippen LogP contribution in [-0.2, 0) is 0 Å². The van der Waals surface area contributed by atoms with Crippen LogP contribution < -0.4 is 4.74 Å². The number of thiophene rings is 1. The summed E-state index contributed by atoms with van der Waals surface area (Å²) in [4.78, 5) is 1.25. The molecule has 25 heavy (non-hydrogen) atoms. The Morgan fingerprint density at radius 2 is 1.80 bits per heavy atom. The zero-order valence-electron chi connectivity index (χ0n) is 13.9. The van der Waals surface area contributed by atoms with Crippen LogP contribution in [0.4, 0.5) is 0 Å². The highest BCUT2D eigenvalue weighted by atomic mass is 32.1. The summed E-state index contributed by atoms with van der Waals surface area (Å²) < 4.78 is 6.40. The molecule has 2 aromatic carbocycles. The van der Waals surface area contributed by atoms with Crippen molar-refractivity contribution in [2.24, 2.45) is 5.10 Å². The normalized spacial score (nSPS) is 21.3. The molecule has 0 radical (unpaired) electrons. The highest BCUT2D eigenvalue weighted by Gasteiger charge is 2.41. The van der Waals surface area contributed by atoms with E-state index >= 15 is 0 Å². The van der Waals surface area contributed by atoms with Crippen LogP contribution in [0.5, 0.6) is 5.75 Å². The van der Waals surface area contributed by atoms with Gasteiger partial charge in [-0.05, 0) is 30.0 Å². The van der Waals surface area contributed by atoms with Gasteiger partial charge in [0.05, 0.1) is 16.6 Å². The van der Waals surface area contributed by atoms with Gasteiger partial charge in [-0.2, -0.15) is 5.10 Å². The first kappa shape index (κ1) is 14.7. The highest BCUT2D eigenvalue weighted by molar-refractivity contribution is 7.12. The summed E-state index contributed by atoms with van der Waals surface area (Å²) in [5.74, 6) is 0.972. The number of ether oxygens (including phenoxy) is 1. The molecule has 2 aliphatic rings. The average Bonchev–Trinajstić information content (AvgIpc) is 3.31. The van der Waals surface area contributed by atoms with Gasteiger partial charge in [-0.25, -0.2) is 5.01 Å². The molecule has 0 N–H and O–H groups in total. The first-order valence-electron chi connectivity index (χ1n) is 8.52. The van der Waals surface area contributed by atoms with Gasteiger partial charge in [0.15, 0.2) is 0 Å². The van der Waals surface area contributed by atoms with E-state index in [0.717, 1.165) is 17.9 Å². The van der Waals surface area contributed by atoms with Crippen molar-refractivity contribution >= 4 is 17.0 Å². The average molecular weight is 346 g/mol. The Morgan fingerprint density at radius 1 is 1.00 bits per heavy atom. The van der Waals surface area contributed by atoms with E-state index in [0.29, 0.717) is 0 Å². The van der Waals surface area contributed by atoms with E-state index in [4.69, 9.17) is 9.84 Å². The Balaban J connectivity index is 1.63. The Morgan fingerprint density at radius 3 is 2.60 bits per heavy atom. The van der Waals surface area contributed by atoms with Crippen molar-refractivity contribution in [3.05, 3.63) is 87.6 Å². The molecule has 1 aromatic heterocycles. The Kier molecular flexibility index (Phi) is 3.38. The summed E-state index contributed by atoms with van der Waals surface area (Å²) in [6.07, 6.45) is 0.738. The van der Waals surface area contributed by atoms with Crippen LogP contribution in [0.3, 0.4) is 0 Å². The topological polar surface area (TPSA) is 24.8 Å². The highest BCUT2D eigenvalue weighted by Crippen LogP contribution is 2.47. The van der Waals surface area contributed by atoms with E-state index in [1.807, 2.05) is 6.07 Å². The van der Waals surface area contributed by atoms with Crippen molar-refractivity contribution in [3.8, 4) is 5.75 Å². The second-order valence-electron chi connectivity index (χ2n) is 6.49. The van der Waals surface area contributed by atoms with Crippen molar-refractivity contribution in [3.63, 3.8) is 0 Å². The van der Waals surface area contributed by atoms with Crippen molar-refractivity contribution in [1.29, 1.82) is 0 Å². The Hall–Kier alpha value is -2.59. The lowest BCUT2D eigenvalue weighted by molar-refractivity contribution is -0.0194. The van der Waals surface area contributed by atoms with E-state index in [9.17, 15) is 0 Å². The minimum atomic E-state index is -0.182. The van der Waals surface area contributed by atoms with Crippen LogP contribution in [-0.4, -0.2) is 10.7 Å². The molecule has 0 fully saturated rings. The van der Waals surface area contributed by atoms with E-state index in [1.165, 1.54) is 21.6 Å². The van der Waals surface area contributed by atoms with Crippen LogP contribution in [0.25, 0.3) is 0 Å². The van der Waals surface area contributed by atoms with Crippen molar-refractivity contribution in [1.82, 2.24) is 5.01 Å². The van der Waals surface area contributed by atoms with Crippen LogP contribution in [0.2, 0.25) is 0 Å². The summed E-state index contributed by atoms with van der Waals surface area (Å²) in [5, 5.41) is 9.25. The van der Waals surface area contributed by atoms with Crippen LogP contribution in [0.15, 0.2) is 71.1 Å². The largest absolute Gasteiger partial charge is 0.464 e. The van der Waals surface area contributed by atoms with Crippen molar-refractivity contribution < 1.29 is 4.74 Å². The fraction of sp³-hybridized carbons (Fsp3) is 0.190. The minimum absolute atomic E-state index is 0.182. The van der Waals surface area contributed by atoms with Crippen LogP contribution >= 0.6 is 11.3 Å². The Labute approximate surface area is 151 Å². The molecule has 2 aliphatic heterocycles. The molecule has 3 nitrogen and oxygen atoms in total. The van der Waals surface area contributed by atoms with Crippen LogP contribution in [0, 0.1) is 6.92 Å². The molecule has 0 amide bonds. The SMILES string of the molecule is Cc1ccccc1C1Oc2ccccc2C2CC(c3cccs3)=NN21. The molecule has 3 aromatic rings. The number of benzene rings is 2. The summed E-state index contributed by atoms with van der Waals surface area (Å²) in [7, 11) is 0. The van der Waals surface area contributed by atoms with Crippen molar-refractivity contribution in [2.75, 3.05) is 0 Å². The van der Waals surface area contributed by atoms with Gasteiger partial charge < -0.3 is 4.74 Å². The van der Waals surface area contributed by atoms with Crippen molar-refractivity contribution in [2.45, 2.75) is 25.6 Å². The number of rotatable bonds is 2. The summed E-state index contributed by atoms with van der Waals surface area (Å²) >= 11 is 1.75. The maximum absolute atomic E-state index is 6.40. The smallest absolute Gasteiger partial charge is 0.214 e. The lowest BCUT2D eigenvalue weighted by Crippen LogP contribution is -2.34. The van der Waals surface area contributed by atoms with Gasteiger partial charge in [-0.15, -0.1) is 11.3 Å². The molecular weight excluding hydrogens is 328 g/mol. The molecule has 0 saturated carbocycles. The number of para-hydroxylation sites is 1. The van der Waals surface area contributed by atoms with Gasteiger partial charge in [0.2, 0.25) is 6.23 Å². The molecule has 0 saturated heterocycles. The lowest BCUT2D eigenvalue weighted by atomic mass is 9.97. The van der Waals surface area contributed by atoms with Gasteiger partial charge in [-0.3, -0.25) is 0 Å². The van der Waals surface area contributed by atoms with Gasteiger partial charge in [0, 0.05) is 17.5 Å². The number of hydrogen-bond donors (Lipinski definition) is 0. The van der Waals surface area contributed by atoms with Crippen LogP contribution in [0.1, 0.15) is 40.3 Å². The second kappa shape index (κ2) is 5.74. The zero-order chi connectivity index (χ0) is 16.8. The third-order valence-corrected chi connectivity index (χ3v) is 5.88. The fourth-order valence-electron chi connectivity index (χ4n) is 3.69. The van der Waals surface area contributed by atoms with Gasteiger partial charge in [-0.1, -0.05) is 48.5 Å². The first-order valence-corrected chi connectivity index (χ1v) is 9.40. The molecule has 5 rings (SSSR count). The van der Waals surface area contributed by atoms with Gasteiger partial charge >= 0.3 is 0 Å². The van der Waals surface area contributed by atoms with Gasteiger partial charge in [0.1, 0.15) is 5.75 Å². The predicted octanol–water partition coefficient (Wildman–Crippen LogP) is 5.30. The molecule has 2 unspecified atom stereocenters. The fourth-order valence-corrected chi connectivity index (χ4v) is 4.42. The number of fused-ring (bicyclic) bond motifs is 3. The molecule has 0 spiro atoms. The third kappa shape index (κ3) is 2.36. The summed E-state index contributed by atoms with van der Waals surface area (Å²) in [5.41, 5.74) is 4.78. The quantitative estimate of drug-likeness (QED) is 0.629. The van der Waals surface area contributed by atoms with E-state index in [-0.39, 0.29) is 12.3 Å². The number of hydrazone groups is 1. The molecule has 124 valence electrons.